The summed E-state index contributed by atoms with van der Waals surface area (Å²) in [7, 11) is -3.56. The van der Waals surface area contributed by atoms with Gasteiger partial charge in [-0.3, -0.25) is 9.59 Å². The Bertz CT molecular complexity index is 1160. The molecule has 2 saturated heterocycles. The fourth-order valence-electron chi connectivity index (χ4n) is 4.82. The van der Waals surface area contributed by atoms with Crippen molar-refractivity contribution in [1.82, 2.24) is 4.31 Å². The number of benzene rings is 2. The lowest BCUT2D eigenvalue weighted by Gasteiger charge is -2.29. The highest BCUT2D eigenvalue weighted by Gasteiger charge is 2.35. The first-order chi connectivity index (χ1) is 16.8. The van der Waals surface area contributed by atoms with Crippen molar-refractivity contribution in [1.29, 1.82) is 0 Å². The summed E-state index contributed by atoms with van der Waals surface area (Å²) >= 11 is 0. The summed E-state index contributed by atoms with van der Waals surface area (Å²) in [6, 6.07) is 14.2. The van der Waals surface area contributed by atoms with Crippen molar-refractivity contribution in [2.75, 3.05) is 47.8 Å². The second kappa shape index (κ2) is 10.8. The highest BCUT2D eigenvalue weighted by Crippen LogP contribution is 2.29. The lowest BCUT2D eigenvalue weighted by Crippen LogP contribution is -2.31. The average Bonchev–Trinajstić information content (AvgIpc) is 3.27. The average molecular weight is 499 g/mol. The maximum Gasteiger partial charge on any atom is 0.243 e. The number of rotatable bonds is 8. The molecule has 9 heteroatoms. The molecule has 0 spiro atoms. The zero-order chi connectivity index (χ0) is 25.0. The number of sulfonamides is 1. The van der Waals surface area contributed by atoms with Crippen LogP contribution >= 0.6 is 0 Å². The quantitative estimate of drug-likeness (QED) is 0.599. The molecule has 35 heavy (non-hydrogen) atoms. The van der Waals surface area contributed by atoms with Crippen LogP contribution in [0.1, 0.15) is 39.5 Å². The fraction of sp³-hybridized carbons (Fsp3) is 0.462. The highest BCUT2D eigenvalue weighted by atomic mass is 32.2. The summed E-state index contributed by atoms with van der Waals surface area (Å²) in [6.45, 7) is 6.70. The number of nitrogens with zero attached hydrogens (tertiary/aromatic N) is 3. The van der Waals surface area contributed by atoms with Gasteiger partial charge in [0.05, 0.1) is 10.8 Å². The van der Waals surface area contributed by atoms with Gasteiger partial charge in [0, 0.05) is 56.2 Å². The van der Waals surface area contributed by atoms with E-state index in [0.29, 0.717) is 18.8 Å². The van der Waals surface area contributed by atoms with Crippen molar-refractivity contribution in [3.05, 3.63) is 48.5 Å². The zero-order valence-electron chi connectivity index (χ0n) is 20.4. The number of hydrogen-bond acceptors (Lipinski definition) is 5. The molecule has 1 N–H and O–H groups in total. The van der Waals surface area contributed by atoms with Gasteiger partial charge in [0.25, 0.3) is 0 Å². The van der Waals surface area contributed by atoms with Crippen molar-refractivity contribution in [2.45, 2.75) is 44.4 Å². The predicted octanol–water partition coefficient (Wildman–Crippen LogP) is 3.70. The SMILES string of the molecule is CCN(CC)S(=O)(=O)c1ccc(N2CC(C(=O)Nc3cccc(N4CCCCC4)c3)CC2=O)cc1. The molecular weight excluding hydrogens is 464 g/mol. The molecule has 2 amide bonds. The Morgan fingerprint density at radius 1 is 1.00 bits per heavy atom. The predicted molar refractivity (Wildman–Crippen MR) is 138 cm³/mol. The van der Waals surface area contributed by atoms with E-state index in [1.54, 1.807) is 30.9 Å². The van der Waals surface area contributed by atoms with Crippen LogP contribution in [0.4, 0.5) is 17.1 Å². The van der Waals surface area contributed by atoms with E-state index >= 15 is 0 Å². The van der Waals surface area contributed by atoms with Crippen molar-refractivity contribution in [3.63, 3.8) is 0 Å². The lowest BCUT2D eigenvalue weighted by molar-refractivity contribution is -0.122. The van der Waals surface area contributed by atoms with Gasteiger partial charge in [-0.25, -0.2) is 8.42 Å². The lowest BCUT2D eigenvalue weighted by atomic mass is 10.1. The summed E-state index contributed by atoms with van der Waals surface area (Å²) in [5.41, 5.74) is 2.43. The van der Waals surface area contributed by atoms with Gasteiger partial charge in [-0.2, -0.15) is 4.31 Å². The highest BCUT2D eigenvalue weighted by molar-refractivity contribution is 7.89. The van der Waals surface area contributed by atoms with E-state index in [1.807, 2.05) is 18.2 Å². The molecule has 1 unspecified atom stereocenters. The molecule has 4 rings (SSSR count). The van der Waals surface area contributed by atoms with E-state index in [9.17, 15) is 18.0 Å². The third-order valence-corrected chi connectivity index (χ3v) is 8.89. The monoisotopic (exact) mass is 498 g/mol. The minimum Gasteiger partial charge on any atom is -0.371 e. The first-order valence-corrected chi connectivity index (χ1v) is 13.8. The molecule has 2 aliphatic heterocycles. The molecule has 2 heterocycles. The summed E-state index contributed by atoms with van der Waals surface area (Å²) < 4.78 is 26.8. The van der Waals surface area contributed by atoms with Gasteiger partial charge in [0.15, 0.2) is 0 Å². The van der Waals surface area contributed by atoms with E-state index in [1.165, 1.54) is 35.7 Å². The normalized spacial score (nSPS) is 18.8. The summed E-state index contributed by atoms with van der Waals surface area (Å²) in [5, 5.41) is 2.98. The van der Waals surface area contributed by atoms with Crippen LogP contribution in [0.5, 0.6) is 0 Å². The Balaban J connectivity index is 1.41. The summed E-state index contributed by atoms with van der Waals surface area (Å²) in [6.07, 6.45) is 3.74. The van der Waals surface area contributed by atoms with Crippen LogP contribution in [0.2, 0.25) is 0 Å². The summed E-state index contributed by atoms with van der Waals surface area (Å²) in [4.78, 5) is 29.8. The van der Waals surface area contributed by atoms with Crippen LogP contribution in [0.3, 0.4) is 0 Å². The number of amides is 2. The second-order valence-electron chi connectivity index (χ2n) is 9.08. The number of nitrogens with one attached hydrogen (secondary N) is 1. The van der Waals surface area contributed by atoms with E-state index in [0.717, 1.165) is 24.5 Å². The smallest absolute Gasteiger partial charge is 0.243 e. The van der Waals surface area contributed by atoms with Gasteiger partial charge >= 0.3 is 0 Å². The van der Waals surface area contributed by atoms with E-state index in [4.69, 9.17) is 0 Å². The maximum atomic E-state index is 13.0. The van der Waals surface area contributed by atoms with Gasteiger partial charge in [-0.15, -0.1) is 0 Å². The topological polar surface area (TPSA) is 90.0 Å². The van der Waals surface area contributed by atoms with Crippen LogP contribution in [-0.2, 0) is 19.6 Å². The molecule has 0 aromatic heterocycles. The molecule has 0 aliphatic carbocycles. The largest absolute Gasteiger partial charge is 0.371 e. The Labute approximate surface area is 207 Å². The second-order valence-corrected chi connectivity index (χ2v) is 11.0. The van der Waals surface area contributed by atoms with Crippen molar-refractivity contribution >= 4 is 38.9 Å². The molecule has 188 valence electrons. The van der Waals surface area contributed by atoms with Crippen LogP contribution in [0.25, 0.3) is 0 Å². The van der Waals surface area contributed by atoms with Gasteiger partial charge in [0.1, 0.15) is 0 Å². The first kappa shape index (κ1) is 25.2. The molecule has 2 aromatic carbocycles. The fourth-order valence-corrected chi connectivity index (χ4v) is 6.28. The number of piperidine rings is 1. The molecule has 2 aliphatic rings. The molecule has 8 nitrogen and oxygen atoms in total. The third-order valence-electron chi connectivity index (χ3n) is 6.82. The molecule has 2 aromatic rings. The Morgan fingerprint density at radius 3 is 2.34 bits per heavy atom. The van der Waals surface area contributed by atoms with Crippen molar-refractivity contribution in [3.8, 4) is 0 Å². The van der Waals surface area contributed by atoms with Gasteiger partial charge in [-0.1, -0.05) is 19.9 Å². The van der Waals surface area contributed by atoms with E-state index < -0.39 is 15.9 Å². The standard InChI is InChI=1S/C26H34N4O4S/c1-3-29(4-2)35(33,34)24-13-11-22(12-14-24)30-19-20(17-25(30)31)26(32)27-21-9-8-10-23(18-21)28-15-6-5-7-16-28/h8-14,18,20H,3-7,15-17,19H2,1-2H3,(H,27,32). The molecule has 0 saturated carbocycles. The van der Waals surface area contributed by atoms with Gasteiger partial charge < -0.3 is 15.1 Å². The molecule has 2 fully saturated rings. The van der Waals surface area contributed by atoms with Crippen molar-refractivity contribution < 1.29 is 18.0 Å². The van der Waals surface area contributed by atoms with Gasteiger partial charge in [-0.05, 0) is 61.7 Å². The van der Waals surface area contributed by atoms with Crippen LogP contribution < -0.4 is 15.1 Å². The minimum absolute atomic E-state index is 0.122. The van der Waals surface area contributed by atoms with Gasteiger partial charge in [0.2, 0.25) is 21.8 Å². The van der Waals surface area contributed by atoms with Crippen LogP contribution in [0, 0.1) is 5.92 Å². The molecular formula is C26H34N4O4S. The zero-order valence-corrected chi connectivity index (χ0v) is 21.3. The minimum atomic E-state index is -3.56. The molecule has 0 radical (unpaired) electrons. The summed E-state index contributed by atoms with van der Waals surface area (Å²) in [5.74, 6) is -0.802. The van der Waals surface area contributed by atoms with E-state index in [-0.39, 0.29) is 29.7 Å². The van der Waals surface area contributed by atoms with Crippen LogP contribution in [-0.4, -0.2) is 57.3 Å². The Hall–Kier alpha value is -2.91. The molecule has 1 atom stereocenters. The first-order valence-electron chi connectivity index (χ1n) is 12.4. The molecule has 0 bridgehead atoms. The van der Waals surface area contributed by atoms with E-state index in [2.05, 4.69) is 16.3 Å². The Kier molecular flexibility index (Phi) is 7.76. The Morgan fingerprint density at radius 2 is 1.69 bits per heavy atom. The van der Waals surface area contributed by atoms with Crippen LogP contribution in [0.15, 0.2) is 53.4 Å². The number of carbonyl (C=O) groups excluding carboxylic acids is 2. The van der Waals surface area contributed by atoms with Crippen molar-refractivity contribution in [2.24, 2.45) is 5.92 Å². The number of carbonyl (C=O) groups is 2. The third kappa shape index (κ3) is 5.51. The number of hydrogen-bond donors (Lipinski definition) is 1. The number of anilines is 3. The maximum absolute atomic E-state index is 13.0.